The molecule has 0 aliphatic rings. The van der Waals surface area contributed by atoms with E-state index < -0.39 is 16.7 Å². The Hall–Kier alpha value is -6.55. The van der Waals surface area contributed by atoms with Gasteiger partial charge in [-0.25, -0.2) is 0 Å². The van der Waals surface area contributed by atoms with E-state index in [9.17, 15) is 24.5 Å². The zero-order valence-electron chi connectivity index (χ0n) is 24.5. The zero-order chi connectivity index (χ0) is 32.5. The third-order valence-corrected chi connectivity index (χ3v) is 6.76. The fraction of sp³-hybridized carbons (Fsp3) is 0.0278. The van der Waals surface area contributed by atoms with Gasteiger partial charge in [0.2, 0.25) is 11.8 Å². The maximum absolute atomic E-state index is 13.5. The molecule has 0 saturated carbocycles. The third kappa shape index (κ3) is 7.88. The Morgan fingerprint density at radius 1 is 0.783 bits per heavy atom. The number of carbonyl (C=O) groups excluding carboxylic acids is 3. The van der Waals surface area contributed by atoms with E-state index in [1.54, 1.807) is 92.0 Å². The molecule has 1 heterocycles. The van der Waals surface area contributed by atoms with Gasteiger partial charge in [-0.05, 0) is 72.3 Å². The second-order valence-corrected chi connectivity index (χ2v) is 9.88. The van der Waals surface area contributed by atoms with Crippen LogP contribution in [0.15, 0.2) is 126 Å². The van der Waals surface area contributed by atoms with E-state index in [0.29, 0.717) is 34.1 Å². The molecule has 0 bridgehead atoms. The maximum atomic E-state index is 13.5. The normalized spacial score (nSPS) is 11.0. The van der Waals surface area contributed by atoms with Crippen LogP contribution in [0.2, 0.25) is 0 Å². The van der Waals surface area contributed by atoms with Crippen LogP contribution in [-0.4, -0.2) is 29.6 Å². The molecular weight excluding hydrogens is 586 g/mol. The van der Waals surface area contributed by atoms with Gasteiger partial charge in [-0.3, -0.25) is 24.5 Å². The molecule has 0 spiro atoms. The molecule has 0 aliphatic carbocycles. The molecule has 10 nitrogen and oxygen atoms in total. The highest BCUT2D eigenvalue weighted by Gasteiger charge is 2.16. The van der Waals surface area contributed by atoms with Crippen molar-refractivity contribution in [2.75, 3.05) is 17.7 Å². The van der Waals surface area contributed by atoms with Crippen LogP contribution in [0.25, 0.3) is 23.5 Å². The van der Waals surface area contributed by atoms with Crippen molar-refractivity contribution < 1.29 is 28.5 Å². The molecule has 0 aliphatic heterocycles. The molecule has 228 valence electrons. The third-order valence-electron chi connectivity index (χ3n) is 6.76. The smallest absolute Gasteiger partial charge is 0.269 e. The SMILES string of the molecule is COc1ccc(/C=C/C(=O)Nc2ccc(NC(=O)/C=C/c3ccc(-c4ccc([N+](=O)[O-])cc4)o3)cc2C(=O)c2ccccc2)cc1. The Morgan fingerprint density at radius 3 is 2.17 bits per heavy atom. The summed E-state index contributed by atoms with van der Waals surface area (Å²) in [5, 5.41) is 16.4. The Morgan fingerprint density at radius 2 is 1.48 bits per heavy atom. The van der Waals surface area contributed by atoms with E-state index in [1.165, 1.54) is 36.4 Å². The molecule has 10 heteroatoms. The van der Waals surface area contributed by atoms with Crippen molar-refractivity contribution in [2.45, 2.75) is 0 Å². The minimum absolute atomic E-state index is 0.0299. The van der Waals surface area contributed by atoms with E-state index in [2.05, 4.69) is 10.6 Å². The molecule has 5 rings (SSSR count). The van der Waals surface area contributed by atoms with Crippen LogP contribution in [-0.2, 0) is 9.59 Å². The highest BCUT2D eigenvalue weighted by Crippen LogP contribution is 2.26. The van der Waals surface area contributed by atoms with Crippen LogP contribution < -0.4 is 15.4 Å². The first kappa shape index (κ1) is 30.9. The predicted octanol–water partition coefficient (Wildman–Crippen LogP) is 7.40. The van der Waals surface area contributed by atoms with Crippen molar-refractivity contribution in [1.82, 2.24) is 0 Å². The lowest BCUT2D eigenvalue weighted by atomic mass is 10.0. The van der Waals surface area contributed by atoms with Crippen LogP contribution in [0.4, 0.5) is 17.1 Å². The summed E-state index contributed by atoms with van der Waals surface area (Å²) in [6.07, 6.45) is 5.75. The van der Waals surface area contributed by atoms with E-state index in [0.717, 1.165) is 5.56 Å². The summed E-state index contributed by atoms with van der Waals surface area (Å²) in [6, 6.07) is 29.7. The number of benzene rings is 4. The van der Waals surface area contributed by atoms with Gasteiger partial charge in [0.25, 0.3) is 5.69 Å². The van der Waals surface area contributed by atoms with Crippen LogP contribution >= 0.6 is 0 Å². The summed E-state index contributed by atoms with van der Waals surface area (Å²) >= 11 is 0. The lowest BCUT2D eigenvalue weighted by Crippen LogP contribution is -2.14. The number of ether oxygens (including phenoxy) is 1. The number of hydrogen-bond acceptors (Lipinski definition) is 7. The van der Waals surface area contributed by atoms with Crippen LogP contribution in [0.5, 0.6) is 5.75 Å². The minimum atomic E-state index is -0.481. The lowest BCUT2D eigenvalue weighted by Gasteiger charge is -2.12. The van der Waals surface area contributed by atoms with Crippen molar-refractivity contribution in [3.63, 3.8) is 0 Å². The number of amides is 2. The molecule has 5 aromatic rings. The Kier molecular flexibility index (Phi) is 9.59. The fourth-order valence-electron chi connectivity index (χ4n) is 4.41. The van der Waals surface area contributed by atoms with Crippen molar-refractivity contribution >= 4 is 46.8 Å². The molecule has 4 aromatic carbocycles. The van der Waals surface area contributed by atoms with E-state index >= 15 is 0 Å². The quantitative estimate of drug-likeness (QED) is 0.0684. The van der Waals surface area contributed by atoms with Crippen molar-refractivity contribution in [1.29, 1.82) is 0 Å². The topological polar surface area (TPSA) is 141 Å². The number of non-ortho nitro benzene ring substituents is 1. The monoisotopic (exact) mass is 613 g/mol. The standard InChI is InChI=1S/C36H27N3O7/c1-45-29-15-7-24(8-16-29)9-21-35(41)38-32-19-12-27(23-31(32)36(42)26-5-3-2-4-6-26)37-34(40)22-18-30-17-20-33(46-30)25-10-13-28(14-11-25)39(43)44/h2-23H,1H3,(H,37,40)(H,38,41)/b21-9+,22-18+. The van der Waals surface area contributed by atoms with Gasteiger partial charge in [0, 0.05) is 46.7 Å². The molecular formula is C36H27N3O7. The number of ketones is 1. The van der Waals surface area contributed by atoms with Crippen LogP contribution in [0.1, 0.15) is 27.2 Å². The predicted molar refractivity (Wildman–Crippen MR) is 175 cm³/mol. The second-order valence-electron chi connectivity index (χ2n) is 9.88. The largest absolute Gasteiger partial charge is 0.497 e. The van der Waals surface area contributed by atoms with Crippen LogP contribution in [0, 0.1) is 10.1 Å². The molecule has 0 saturated heterocycles. The summed E-state index contributed by atoms with van der Waals surface area (Å²) in [7, 11) is 1.57. The Balaban J connectivity index is 1.30. The number of rotatable bonds is 11. The summed E-state index contributed by atoms with van der Waals surface area (Å²) in [5.41, 5.74) is 2.63. The number of nitro groups is 1. The van der Waals surface area contributed by atoms with Gasteiger partial charge in [0.05, 0.1) is 17.7 Å². The molecule has 46 heavy (non-hydrogen) atoms. The average molecular weight is 614 g/mol. The molecule has 0 fully saturated rings. The van der Waals surface area contributed by atoms with Crippen molar-refractivity contribution in [3.05, 3.63) is 154 Å². The van der Waals surface area contributed by atoms with Gasteiger partial charge >= 0.3 is 0 Å². The number of hydrogen-bond donors (Lipinski definition) is 2. The summed E-state index contributed by atoms with van der Waals surface area (Å²) < 4.78 is 10.9. The first-order chi connectivity index (χ1) is 22.3. The minimum Gasteiger partial charge on any atom is -0.497 e. The van der Waals surface area contributed by atoms with Gasteiger partial charge in [-0.1, -0.05) is 42.5 Å². The summed E-state index contributed by atoms with van der Waals surface area (Å²) in [4.78, 5) is 49.4. The number of nitro benzene ring substituents is 1. The van der Waals surface area contributed by atoms with Gasteiger partial charge in [0.1, 0.15) is 17.3 Å². The van der Waals surface area contributed by atoms with Crippen LogP contribution in [0.3, 0.4) is 0 Å². The second kappa shape index (κ2) is 14.3. The number of furan rings is 1. The zero-order valence-corrected chi connectivity index (χ0v) is 24.5. The molecule has 2 N–H and O–H groups in total. The number of nitrogens with one attached hydrogen (secondary N) is 2. The maximum Gasteiger partial charge on any atom is 0.269 e. The highest BCUT2D eigenvalue weighted by molar-refractivity contribution is 6.16. The van der Waals surface area contributed by atoms with Crippen molar-refractivity contribution in [3.8, 4) is 17.1 Å². The molecule has 0 radical (unpaired) electrons. The molecule has 0 unspecified atom stereocenters. The van der Waals surface area contributed by atoms with Gasteiger partial charge < -0.3 is 19.8 Å². The van der Waals surface area contributed by atoms with Gasteiger partial charge in [-0.2, -0.15) is 0 Å². The van der Waals surface area contributed by atoms with E-state index in [1.807, 2.05) is 12.1 Å². The van der Waals surface area contributed by atoms with Crippen molar-refractivity contribution in [2.24, 2.45) is 0 Å². The average Bonchev–Trinajstić information content (AvgIpc) is 3.56. The summed E-state index contributed by atoms with van der Waals surface area (Å²) in [5.74, 6) is 0.314. The molecule has 2 amide bonds. The summed E-state index contributed by atoms with van der Waals surface area (Å²) in [6.45, 7) is 0. The number of anilines is 2. The first-order valence-electron chi connectivity index (χ1n) is 14.0. The highest BCUT2D eigenvalue weighted by atomic mass is 16.6. The van der Waals surface area contributed by atoms with Gasteiger partial charge in [0.15, 0.2) is 5.78 Å². The molecule has 1 aromatic heterocycles. The lowest BCUT2D eigenvalue weighted by molar-refractivity contribution is -0.384. The van der Waals surface area contributed by atoms with Gasteiger partial charge in [-0.15, -0.1) is 0 Å². The Labute approximate surface area is 263 Å². The van der Waals surface area contributed by atoms with E-state index in [4.69, 9.17) is 9.15 Å². The fourth-order valence-corrected chi connectivity index (χ4v) is 4.41. The number of nitrogens with zero attached hydrogens (tertiary/aromatic N) is 1. The van der Waals surface area contributed by atoms with E-state index in [-0.39, 0.29) is 22.7 Å². The first-order valence-corrected chi connectivity index (χ1v) is 14.0. The number of carbonyl (C=O) groups is 3. The Bertz CT molecular complexity index is 1940. The number of methoxy groups -OCH3 is 1. The molecule has 0 atom stereocenters.